The lowest BCUT2D eigenvalue weighted by atomic mass is 10.2. The van der Waals surface area contributed by atoms with Crippen molar-refractivity contribution in [2.24, 2.45) is 0 Å². The minimum absolute atomic E-state index is 0.289. The predicted molar refractivity (Wildman–Crippen MR) is 54.3 cm³/mol. The predicted octanol–water partition coefficient (Wildman–Crippen LogP) is 2.51. The van der Waals surface area contributed by atoms with Gasteiger partial charge in [0.1, 0.15) is 5.58 Å². The zero-order valence-corrected chi connectivity index (χ0v) is 7.93. The fourth-order valence-electron chi connectivity index (χ4n) is 1.25. The van der Waals surface area contributed by atoms with Gasteiger partial charge in [0.2, 0.25) is 0 Å². The van der Waals surface area contributed by atoms with Gasteiger partial charge < -0.3 is 4.42 Å². The summed E-state index contributed by atoms with van der Waals surface area (Å²) in [5.74, 6) is 0. The molecule has 2 aromatic rings. The molecule has 0 unspecified atom stereocenters. The summed E-state index contributed by atoms with van der Waals surface area (Å²) in [6, 6.07) is 9.06. The Balaban J connectivity index is 2.89. The monoisotopic (exact) mass is 192 g/mol. The van der Waals surface area contributed by atoms with Crippen LogP contribution in [-0.4, -0.2) is 6.26 Å². The average molecular weight is 192 g/mol. The number of rotatable bonds is 1. The molecular weight excluding hydrogens is 184 g/mol. The van der Waals surface area contributed by atoms with Gasteiger partial charge in [-0.05, 0) is 12.3 Å². The summed E-state index contributed by atoms with van der Waals surface area (Å²) in [7, 11) is 0. The highest BCUT2D eigenvalue weighted by Gasteiger charge is 2.02. The molecule has 0 aliphatic carbocycles. The Morgan fingerprint density at radius 1 is 1.31 bits per heavy atom. The molecule has 13 heavy (non-hydrogen) atoms. The molecule has 0 aliphatic rings. The minimum Gasteiger partial charge on any atom is -0.423 e. The molecule has 0 saturated heterocycles. The molecule has 0 amide bonds. The number of para-hydroxylation sites is 1. The lowest BCUT2D eigenvalue weighted by Crippen LogP contribution is -1.96. The molecule has 0 radical (unpaired) electrons. The van der Waals surface area contributed by atoms with Crippen molar-refractivity contribution in [3.05, 3.63) is 40.8 Å². The van der Waals surface area contributed by atoms with Crippen molar-refractivity contribution in [2.45, 2.75) is 4.90 Å². The summed E-state index contributed by atoms with van der Waals surface area (Å²) in [5, 5.41) is 0.995. The largest absolute Gasteiger partial charge is 0.423 e. The van der Waals surface area contributed by atoms with Crippen LogP contribution in [0.15, 0.2) is 44.4 Å². The second-order valence-corrected chi connectivity index (χ2v) is 3.48. The summed E-state index contributed by atoms with van der Waals surface area (Å²) >= 11 is 1.55. The Kier molecular flexibility index (Phi) is 2.10. The molecule has 3 heteroatoms. The SMILES string of the molecule is CSc1cc(=O)oc2ccccc12. The molecule has 0 N–H and O–H groups in total. The molecule has 1 aromatic carbocycles. The summed E-state index contributed by atoms with van der Waals surface area (Å²) < 4.78 is 5.04. The summed E-state index contributed by atoms with van der Waals surface area (Å²) in [4.78, 5) is 12.0. The van der Waals surface area contributed by atoms with Crippen LogP contribution >= 0.6 is 11.8 Å². The lowest BCUT2D eigenvalue weighted by molar-refractivity contribution is 0.557. The first-order valence-corrected chi connectivity index (χ1v) is 5.10. The summed E-state index contributed by atoms with van der Waals surface area (Å²) in [6.45, 7) is 0. The number of thioether (sulfide) groups is 1. The van der Waals surface area contributed by atoms with Crippen molar-refractivity contribution in [1.29, 1.82) is 0 Å². The van der Waals surface area contributed by atoms with E-state index in [-0.39, 0.29) is 5.63 Å². The van der Waals surface area contributed by atoms with E-state index in [1.54, 1.807) is 17.8 Å². The fourth-order valence-corrected chi connectivity index (χ4v) is 1.85. The van der Waals surface area contributed by atoms with Gasteiger partial charge >= 0.3 is 5.63 Å². The molecule has 0 saturated carbocycles. The van der Waals surface area contributed by atoms with Crippen molar-refractivity contribution in [2.75, 3.05) is 6.26 Å². The van der Waals surface area contributed by atoms with Gasteiger partial charge in [0.15, 0.2) is 0 Å². The van der Waals surface area contributed by atoms with Gasteiger partial charge in [0.05, 0.1) is 0 Å². The summed E-state index contributed by atoms with van der Waals surface area (Å²) in [6.07, 6.45) is 1.95. The van der Waals surface area contributed by atoms with Gasteiger partial charge in [-0.25, -0.2) is 4.79 Å². The van der Waals surface area contributed by atoms with Crippen molar-refractivity contribution < 1.29 is 4.42 Å². The maximum absolute atomic E-state index is 11.1. The van der Waals surface area contributed by atoms with E-state index in [2.05, 4.69) is 0 Å². The van der Waals surface area contributed by atoms with E-state index in [1.807, 2.05) is 24.5 Å². The molecular formula is C10H8O2S. The average Bonchev–Trinajstić information content (AvgIpc) is 2.16. The van der Waals surface area contributed by atoms with E-state index in [4.69, 9.17) is 4.42 Å². The highest BCUT2D eigenvalue weighted by Crippen LogP contribution is 2.23. The standard InChI is InChI=1S/C10H8O2S/c1-13-9-6-10(11)12-8-5-3-2-4-7(8)9/h2-6H,1H3. The van der Waals surface area contributed by atoms with Gasteiger partial charge in [-0.2, -0.15) is 0 Å². The van der Waals surface area contributed by atoms with Crippen molar-refractivity contribution in [3.8, 4) is 0 Å². The second kappa shape index (κ2) is 3.26. The van der Waals surface area contributed by atoms with E-state index in [9.17, 15) is 4.79 Å². The van der Waals surface area contributed by atoms with E-state index < -0.39 is 0 Å². The Labute approximate surface area is 79.6 Å². The van der Waals surface area contributed by atoms with Gasteiger partial charge in [-0.15, -0.1) is 11.8 Å². The molecule has 0 spiro atoms. The van der Waals surface area contributed by atoms with Crippen molar-refractivity contribution in [1.82, 2.24) is 0 Å². The number of benzene rings is 1. The van der Waals surface area contributed by atoms with Crippen LogP contribution in [0, 0.1) is 0 Å². The molecule has 0 aliphatic heterocycles. The maximum Gasteiger partial charge on any atom is 0.337 e. The molecule has 66 valence electrons. The van der Waals surface area contributed by atoms with E-state index in [0.29, 0.717) is 5.58 Å². The first kappa shape index (κ1) is 8.38. The van der Waals surface area contributed by atoms with Crippen LogP contribution in [0.1, 0.15) is 0 Å². The van der Waals surface area contributed by atoms with Crippen LogP contribution in [-0.2, 0) is 0 Å². The first-order chi connectivity index (χ1) is 6.31. The second-order valence-electron chi connectivity index (χ2n) is 2.63. The van der Waals surface area contributed by atoms with Crippen molar-refractivity contribution >= 4 is 22.7 Å². The third kappa shape index (κ3) is 1.47. The summed E-state index contributed by atoms with van der Waals surface area (Å²) in [5.41, 5.74) is 0.363. The minimum atomic E-state index is -0.289. The van der Waals surface area contributed by atoms with Gasteiger partial charge in [0, 0.05) is 16.3 Å². The Morgan fingerprint density at radius 3 is 2.85 bits per heavy atom. The topological polar surface area (TPSA) is 30.2 Å². The van der Waals surface area contributed by atoms with Crippen molar-refractivity contribution in [3.63, 3.8) is 0 Å². The van der Waals surface area contributed by atoms with Gasteiger partial charge in [-0.1, -0.05) is 18.2 Å². The number of hydrogen-bond acceptors (Lipinski definition) is 3. The van der Waals surface area contributed by atoms with Crippen LogP contribution in [0.2, 0.25) is 0 Å². The van der Waals surface area contributed by atoms with Gasteiger partial charge in [-0.3, -0.25) is 0 Å². The van der Waals surface area contributed by atoms with Crippen LogP contribution in [0.4, 0.5) is 0 Å². The third-order valence-corrected chi connectivity index (χ3v) is 2.61. The van der Waals surface area contributed by atoms with Crippen LogP contribution in [0.3, 0.4) is 0 Å². The molecule has 1 aromatic heterocycles. The molecule has 2 rings (SSSR count). The number of fused-ring (bicyclic) bond motifs is 1. The highest BCUT2D eigenvalue weighted by molar-refractivity contribution is 7.98. The Morgan fingerprint density at radius 2 is 2.08 bits per heavy atom. The molecule has 0 fully saturated rings. The zero-order chi connectivity index (χ0) is 9.26. The molecule has 0 atom stereocenters. The van der Waals surface area contributed by atoms with Gasteiger partial charge in [0.25, 0.3) is 0 Å². The molecule has 1 heterocycles. The first-order valence-electron chi connectivity index (χ1n) is 3.88. The fraction of sp³-hybridized carbons (Fsp3) is 0.100. The lowest BCUT2D eigenvalue weighted by Gasteiger charge is -2.00. The molecule has 2 nitrogen and oxygen atoms in total. The highest BCUT2D eigenvalue weighted by atomic mass is 32.2. The van der Waals surface area contributed by atoms with E-state index in [1.165, 1.54) is 6.07 Å². The quantitative estimate of drug-likeness (QED) is 0.513. The van der Waals surface area contributed by atoms with E-state index >= 15 is 0 Å². The smallest absolute Gasteiger partial charge is 0.337 e. The van der Waals surface area contributed by atoms with Crippen LogP contribution in [0.5, 0.6) is 0 Å². The number of hydrogen-bond donors (Lipinski definition) is 0. The molecule has 0 bridgehead atoms. The normalized spacial score (nSPS) is 10.5. The Bertz CT molecular complexity index is 487. The Hall–Kier alpha value is -1.22. The maximum atomic E-state index is 11.1. The zero-order valence-electron chi connectivity index (χ0n) is 7.11. The third-order valence-electron chi connectivity index (χ3n) is 1.83. The van der Waals surface area contributed by atoms with Crippen LogP contribution in [0.25, 0.3) is 11.0 Å². The van der Waals surface area contributed by atoms with Crippen LogP contribution < -0.4 is 5.63 Å². The van der Waals surface area contributed by atoms with E-state index in [0.717, 1.165) is 10.3 Å².